The summed E-state index contributed by atoms with van der Waals surface area (Å²) < 4.78 is 0. The van der Waals surface area contributed by atoms with Crippen molar-refractivity contribution in [2.45, 2.75) is 0 Å². The van der Waals surface area contributed by atoms with Gasteiger partial charge < -0.3 is 10.2 Å². The van der Waals surface area contributed by atoms with Crippen molar-refractivity contribution in [1.29, 1.82) is 0 Å². The SMILES string of the molecule is O=C(O)c1cc2ccccc2c(N=Nc2ccccc2)c1O.[Cu]. The van der Waals surface area contributed by atoms with Crippen LogP contribution >= 0.6 is 0 Å². The summed E-state index contributed by atoms with van der Waals surface area (Å²) in [7, 11) is 0. The fraction of sp³-hybridized carbons (Fsp3) is 0. The summed E-state index contributed by atoms with van der Waals surface area (Å²) in [4.78, 5) is 11.3. The predicted molar refractivity (Wildman–Crippen MR) is 83.2 cm³/mol. The molecule has 0 aromatic heterocycles. The van der Waals surface area contributed by atoms with Gasteiger partial charge in [0, 0.05) is 22.5 Å². The number of carboxylic acids is 1. The Morgan fingerprint density at radius 3 is 2.26 bits per heavy atom. The molecular weight excluding hydrogens is 344 g/mol. The number of benzene rings is 3. The molecule has 0 fully saturated rings. The molecule has 23 heavy (non-hydrogen) atoms. The van der Waals surface area contributed by atoms with Crippen LogP contribution in [0.2, 0.25) is 0 Å². The van der Waals surface area contributed by atoms with Gasteiger partial charge in [-0.3, -0.25) is 0 Å². The Morgan fingerprint density at radius 2 is 1.57 bits per heavy atom. The van der Waals surface area contributed by atoms with E-state index in [-0.39, 0.29) is 34.1 Å². The molecule has 3 aromatic carbocycles. The van der Waals surface area contributed by atoms with Crippen molar-refractivity contribution in [2.24, 2.45) is 10.2 Å². The van der Waals surface area contributed by atoms with Crippen molar-refractivity contribution in [3.8, 4) is 5.75 Å². The average molecular weight is 356 g/mol. The van der Waals surface area contributed by atoms with E-state index in [1.807, 2.05) is 18.2 Å². The Hall–Kier alpha value is -2.69. The van der Waals surface area contributed by atoms with Crippen molar-refractivity contribution in [3.63, 3.8) is 0 Å². The van der Waals surface area contributed by atoms with Crippen molar-refractivity contribution >= 4 is 28.1 Å². The van der Waals surface area contributed by atoms with Crippen LogP contribution in [0.3, 0.4) is 0 Å². The molecule has 0 spiro atoms. The first-order valence-corrected chi connectivity index (χ1v) is 6.61. The molecule has 3 aromatic rings. The zero-order chi connectivity index (χ0) is 15.5. The van der Waals surface area contributed by atoms with Crippen LogP contribution in [0.1, 0.15) is 10.4 Å². The molecule has 0 saturated heterocycles. The zero-order valence-electron chi connectivity index (χ0n) is 11.8. The third kappa shape index (κ3) is 3.39. The molecule has 2 N–H and O–H groups in total. The van der Waals surface area contributed by atoms with Gasteiger partial charge in [0.05, 0.1) is 5.69 Å². The summed E-state index contributed by atoms with van der Waals surface area (Å²) >= 11 is 0. The first kappa shape index (κ1) is 16.7. The number of rotatable bonds is 3. The molecule has 0 aliphatic carbocycles. The number of hydrogen-bond donors (Lipinski definition) is 2. The van der Waals surface area contributed by atoms with E-state index < -0.39 is 5.97 Å². The number of carbonyl (C=O) groups is 1. The maximum absolute atomic E-state index is 11.3. The molecule has 1 radical (unpaired) electrons. The molecule has 0 aliphatic heterocycles. The van der Waals surface area contributed by atoms with E-state index in [1.165, 1.54) is 6.07 Å². The molecular formula is C17H12CuN2O3. The summed E-state index contributed by atoms with van der Waals surface area (Å²) in [6.07, 6.45) is 0. The van der Waals surface area contributed by atoms with Crippen molar-refractivity contribution < 1.29 is 32.1 Å². The van der Waals surface area contributed by atoms with Crippen LogP contribution in [-0.2, 0) is 17.1 Å². The third-order valence-corrected chi connectivity index (χ3v) is 3.25. The van der Waals surface area contributed by atoms with Gasteiger partial charge in [0.1, 0.15) is 11.3 Å². The smallest absolute Gasteiger partial charge is 0.339 e. The van der Waals surface area contributed by atoms with Crippen LogP contribution < -0.4 is 0 Å². The molecule has 0 aliphatic rings. The first-order valence-electron chi connectivity index (χ1n) is 6.61. The monoisotopic (exact) mass is 355 g/mol. The molecule has 6 heteroatoms. The summed E-state index contributed by atoms with van der Waals surface area (Å²) in [5, 5.41) is 28.8. The number of nitrogens with zero attached hydrogens (tertiary/aromatic N) is 2. The number of fused-ring (bicyclic) bond motifs is 1. The van der Waals surface area contributed by atoms with Crippen LogP contribution in [0, 0.1) is 0 Å². The molecule has 119 valence electrons. The molecule has 0 atom stereocenters. The minimum absolute atomic E-state index is 0. The number of carboxylic acid groups (broad SMARTS) is 1. The summed E-state index contributed by atoms with van der Waals surface area (Å²) in [6, 6.07) is 17.6. The topological polar surface area (TPSA) is 82.2 Å². The van der Waals surface area contributed by atoms with Gasteiger partial charge in [-0.25, -0.2) is 4.79 Å². The number of hydrogen-bond acceptors (Lipinski definition) is 4. The predicted octanol–water partition coefficient (Wildman–Crippen LogP) is 4.66. The largest absolute Gasteiger partial charge is 0.505 e. The summed E-state index contributed by atoms with van der Waals surface area (Å²) in [5.74, 6) is -1.59. The van der Waals surface area contributed by atoms with Gasteiger partial charge in [0.25, 0.3) is 0 Å². The van der Waals surface area contributed by atoms with Crippen LogP contribution in [0.25, 0.3) is 10.8 Å². The van der Waals surface area contributed by atoms with Gasteiger partial charge in [-0.2, -0.15) is 5.11 Å². The number of aromatic carboxylic acids is 1. The second-order valence-electron chi connectivity index (χ2n) is 4.68. The second kappa shape index (κ2) is 7.05. The summed E-state index contributed by atoms with van der Waals surface area (Å²) in [6.45, 7) is 0. The Balaban J connectivity index is 0.00000192. The van der Waals surface area contributed by atoms with Crippen LogP contribution in [0.5, 0.6) is 5.75 Å². The first-order chi connectivity index (χ1) is 10.7. The van der Waals surface area contributed by atoms with Crippen molar-refractivity contribution in [3.05, 3.63) is 66.2 Å². The van der Waals surface area contributed by atoms with E-state index in [2.05, 4.69) is 10.2 Å². The normalized spacial score (nSPS) is 10.6. The van der Waals surface area contributed by atoms with Gasteiger partial charge in [-0.15, -0.1) is 5.11 Å². The summed E-state index contributed by atoms with van der Waals surface area (Å²) in [5.41, 5.74) is 0.576. The Labute approximate surface area is 142 Å². The second-order valence-corrected chi connectivity index (χ2v) is 4.68. The van der Waals surface area contributed by atoms with E-state index in [9.17, 15) is 15.0 Å². The fourth-order valence-corrected chi connectivity index (χ4v) is 2.18. The van der Waals surface area contributed by atoms with E-state index in [1.54, 1.807) is 36.4 Å². The molecule has 0 amide bonds. The minimum Gasteiger partial charge on any atom is -0.505 e. The Morgan fingerprint density at radius 1 is 0.913 bits per heavy atom. The van der Waals surface area contributed by atoms with E-state index in [0.29, 0.717) is 16.5 Å². The van der Waals surface area contributed by atoms with Gasteiger partial charge in [0.2, 0.25) is 0 Å². The van der Waals surface area contributed by atoms with Crippen LogP contribution in [0.15, 0.2) is 70.9 Å². The maximum Gasteiger partial charge on any atom is 0.339 e. The van der Waals surface area contributed by atoms with Crippen molar-refractivity contribution in [1.82, 2.24) is 0 Å². The fourth-order valence-electron chi connectivity index (χ4n) is 2.18. The Kier molecular flexibility index (Phi) is 5.11. The number of aromatic hydroxyl groups is 1. The third-order valence-electron chi connectivity index (χ3n) is 3.25. The van der Waals surface area contributed by atoms with Crippen LogP contribution in [0.4, 0.5) is 11.4 Å². The Bertz CT molecular complexity index is 880. The van der Waals surface area contributed by atoms with Crippen molar-refractivity contribution in [2.75, 3.05) is 0 Å². The van der Waals surface area contributed by atoms with Crippen LogP contribution in [-0.4, -0.2) is 16.2 Å². The zero-order valence-corrected chi connectivity index (χ0v) is 12.7. The molecule has 5 nitrogen and oxygen atoms in total. The maximum atomic E-state index is 11.3. The molecule has 0 bridgehead atoms. The molecule has 0 unspecified atom stereocenters. The number of azo groups is 1. The average Bonchev–Trinajstić information content (AvgIpc) is 2.54. The van der Waals surface area contributed by atoms with Gasteiger partial charge in [-0.1, -0.05) is 42.5 Å². The van der Waals surface area contributed by atoms with Gasteiger partial charge in [0.15, 0.2) is 5.75 Å². The molecule has 3 rings (SSSR count). The van der Waals surface area contributed by atoms with E-state index in [0.717, 1.165) is 0 Å². The minimum atomic E-state index is -1.21. The molecule has 0 saturated carbocycles. The number of phenols is 1. The van der Waals surface area contributed by atoms with Gasteiger partial charge in [-0.05, 0) is 23.6 Å². The molecule has 0 heterocycles. The van der Waals surface area contributed by atoms with Gasteiger partial charge >= 0.3 is 5.97 Å². The standard InChI is InChI=1S/C17H12N2O3.Cu/c20-16-14(17(21)22)10-11-6-4-5-9-13(11)15(16)19-18-12-7-2-1-3-8-12;/h1-10,20H,(H,21,22);. The van der Waals surface area contributed by atoms with E-state index in [4.69, 9.17) is 0 Å². The quantitative estimate of drug-likeness (QED) is 0.529. The van der Waals surface area contributed by atoms with E-state index >= 15 is 0 Å².